The largest absolute Gasteiger partial charge is 0.390 e. The molecule has 0 aliphatic carbocycles. The maximum atomic E-state index is 13.1. The summed E-state index contributed by atoms with van der Waals surface area (Å²) in [5, 5.41) is 2.38. The van der Waals surface area contributed by atoms with Gasteiger partial charge in [0.05, 0.1) is 12.1 Å². The highest BCUT2D eigenvalue weighted by atomic mass is 79.9. The van der Waals surface area contributed by atoms with Crippen LogP contribution in [0.25, 0.3) is 0 Å². The van der Waals surface area contributed by atoms with Crippen LogP contribution in [0.5, 0.6) is 0 Å². The molecule has 0 saturated carbocycles. The van der Waals surface area contributed by atoms with E-state index in [1.165, 1.54) is 12.1 Å². The summed E-state index contributed by atoms with van der Waals surface area (Å²) in [6.45, 7) is -0.331. The fourth-order valence-electron chi connectivity index (χ4n) is 0.972. The normalized spacial score (nSPS) is 11.5. The molecule has 1 N–H and O–H groups in total. The van der Waals surface area contributed by atoms with E-state index >= 15 is 0 Å². The van der Waals surface area contributed by atoms with Crippen LogP contribution in [0.1, 0.15) is 6.42 Å². The Morgan fingerprint density at radius 3 is 2.47 bits per heavy atom. The molecule has 1 aromatic carbocycles. The number of alkyl halides is 3. The highest BCUT2D eigenvalue weighted by Gasteiger charge is 2.26. The SMILES string of the molecule is Fc1cc(Br)ccc1NCCC(F)(F)F. The first-order valence-electron chi connectivity index (χ1n) is 4.14. The zero-order valence-electron chi connectivity index (χ0n) is 7.54. The Balaban J connectivity index is 2.51. The first kappa shape index (κ1) is 12.3. The molecular weight excluding hydrogens is 278 g/mol. The standard InChI is InChI=1S/C9H8BrF4N/c10-6-1-2-8(7(11)5-6)15-4-3-9(12,13)14/h1-2,5,15H,3-4H2. The summed E-state index contributed by atoms with van der Waals surface area (Å²) < 4.78 is 49.0. The van der Waals surface area contributed by atoms with Crippen molar-refractivity contribution < 1.29 is 17.6 Å². The molecule has 15 heavy (non-hydrogen) atoms. The zero-order chi connectivity index (χ0) is 11.5. The van der Waals surface area contributed by atoms with E-state index < -0.39 is 18.4 Å². The van der Waals surface area contributed by atoms with Gasteiger partial charge in [-0.05, 0) is 18.2 Å². The predicted molar refractivity (Wildman–Crippen MR) is 53.3 cm³/mol. The molecule has 0 aromatic heterocycles. The van der Waals surface area contributed by atoms with Crippen LogP contribution < -0.4 is 5.32 Å². The van der Waals surface area contributed by atoms with E-state index in [4.69, 9.17) is 0 Å². The third-order valence-corrected chi connectivity index (χ3v) is 2.15. The van der Waals surface area contributed by atoms with Crippen LogP contribution >= 0.6 is 15.9 Å². The molecule has 0 aliphatic heterocycles. The lowest BCUT2D eigenvalue weighted by atomic mass is 10.3. The highest BCUT2D eigenvalue weighted by molar-refractivity contribution is 9.10. The molecule has 1 nitrogen and oxygen atoms in total. The van der Waals surface area contributed by atoms with E-state index in [0.29, 0.717) is 4.47 Å². The highest BCUT2D eigenvalue weighted by Crippen LogP contribution is 2.22. The van der Waals surface area contributed by atoms with E-state index in [1.54, 1.807) is 6.07 Å². The molecule has 0 bridgehead atoms. The second-order valence-corrected chi connectivity index (χ2v) is 3.83. The summed E-state index contributed by atoms with van der Waals surface area (Å²) in [4.78, 5) is 0. The van der Waals surface area contributed by atoms with E-state index in [-0.39, 0.29) is 12.2 Å². The van der Waals surface area contributed by atoms with Gasteiger partial charge in [0, 0.05) is 11.0 Å². The smallest absolute Gasteiger partial charge is 0.382 e. The third-order valence-electron chi connectivity index (χ3n) is 1.66. The van der Waals surface area contributed by atoms with Gasteiger partial charge in [-0.15, -0.1) is 0 Å². The van der Waals surface area contributed by atoms with Crippen molar-refractivity contribution in [3.8, 4) is 0 Å². The monoisotopic (exact) mass is 285 g/mol. The molecule has 0 unspecified atom stereocenters. The fourth-order valence-corrected chi connectivity index (χ4v) is 1.30. The van der Waals surface area contributed by atoms with Crippen molar-refractivity contribution in [1.29, 1.82) is 0 Å². The average molecular weight is 286 g/mol. The van der Waals surface area contributed by atoms with E-state index in [0.717, 1.165) is 0 Å². The quantitative estimate of drug-likeness (QED) is 0.829. The van der Waals surface area contributed by atoms with Gasteiger partial charge < -0.3 is 5.32 Å². The molecule has 1 rings (SSSR count). The van der Waals surface area contributed by atoms with E-state index in [9.17, 15) is 17.6 Å². The van der Waals surface area contributed by atoms with Crippen LogP contribution in [0.4, 0.5) is 23.2 Å². The maximum absolute atomic E-state index is 13.1. The van der Waals surface area contributed by atoms with Crippen LogP contribution in [0.3, 0.4) is 0 Å². The second kappa shape index (κ2) is 4.83. The van der Waals surface area contributed by atoms with Gasteiger partial charge >= 0.3 is 6.18 Å². The third kappa shape index (κ3) is 4.51. The summed E-state index contributed by atoms with van der Waals surface area (Å²) in [5.41, 5.74) is 0.0717. The molecule has 0 radical (unpaired) electrons. The average Bonchev–Trinajstić information content (AvgIpc) is 2.07. The number of halogens is 5. The number of anilines is 1. The van der Waals surface area contributed by atoms with Gasteiger partial charge in [-0.3, -0.25) is 0 Å². The number of hydrogen-bond acceptors (Lipinski definition) is 1. The Morgan fingerprint density at radius 2 is 1.93 bits per heavy atom. The van der Waals surface area contributed by atoms with Crippen molar-refractivity contribution in [2.75, 3.05) is 11.9 Å². The lowest BCUT2D eigenvalue weighted by Gasteiger charge is -2.09. The minimum absolute atomic E-state index is 0.0717. The van der Waals surface area contributed by atoms with Crippen LogP contribution in [-0.4, -0.2) is 12.7 Å². The molecule has 0 aliphatic rings. The second-order valence-electron chi connectivity index (χ2n) is 2.92. The topological polar surface area (TPSA) is 12.0 Å². The van der Waals surface area contributed by atoms with Crippen molar-refractivity contribution in [2.24, 2.45) is 0 Å². The van der Waals surface area contributed by atoms with Gasteiger partial charge in [0.15, 0.2) is 0 Å². The van der Waals surface area contributed by atoms with Gasteiger partial charge in [0.25, 0.3) is 0 Å². The van der Waals surface area contributed by atoms with Gasteiger partial charge in [-0.2, -0.15) is 13.2 Å². The number of rotatable bonds is 3. The van der Waals surface area contributed by atoms with Gasteiger partial charge in [-0.25, -0.2) is 4.39 Å². The Morgan fingerprint density at radius 1 is 1.27 bits per heavy atom. The van der Waals surface area contributed by atoms with Crippen molar-refractivity contribution in [1.82, 2.24) is 0 Å². The van der Waals surface area contributed by atoms with Crippen LogP contribution in [0.15, 0.2) is 22.7 Å². The van der Waals surface area contributed by atoms with Crippen molar-refractivity contribution in [3.63, 3.8) is 0 Å². The molecule has 0 atom stereocenters. The lowest BCUT2D eigenvalue weighted by Crippen LogP contribution is -2.15. The van der Waals surface area contributed by atoms with Crippen molar-refractivity contribution >= 4 is 21.6 Å². The summed E-state index contributed by atoms with van der Waals surface area (Å²) in [7, 11) is 0. The molecule has 84 valence electrons. The van der Waals surface area contributed by atoms with Gasteiger partial charge in [-0.1, -0.05) is 15.9 Å². The van der Waals surface area contributed by atoms with Crippen LogP contribution in [0, 0.1) is 5.82 Å². The molecule has 0 amide bonds. The zero-order valence-corrected chi connectivity index (χ0v) is 9.12. The molecule has 6 heteroatoms. The number of hydrogen-bond donors (Lipinski definition) is 1. The Kier molecular flexibility index (Phi) is 3.96. The molecule has 0 spiro atoms. The molecule has 0 saturated heterocycles. The van der Waals surface area contributed by atoms with E-state index in [1.807, 2.05) is 0 Å². The molecule has 1 aromatic rings. The number of benzene rings is 1. The van der Waals surface area contributed by atoms with Gasteiger partial charge in [0.1, 0.15) is 5.82 Å². The fraction of sp³-hybridized carbons (Fsp3) is 0.333. The minimum Gasteiger partial charge on any atom is -0.382 e. The Bertz CT molecular complexity index is 337. The molecular formula is C9H8BrF4N. The Hall–Kier alpha value is -0.780. The van der Waals surface area contributed by atoms with Gasteiger partial charge in [0.2, 0.25) is 0 Å². The lowest BCUT2D eigenvalue weighted by molar-refractivity contribution is -0.131. The number of nitrogens with one attached hydrogen (secondary N) is 1. The van der Waals surface area contributed by atoms with Crippen LogP contribution in [0.2, 0.25) is 0 Å². The van der Waals surface area contributed by atoms with Crippen LogP contribution in [-0.2, 0) is 0 Å². The first-order chi connectivity index (χ1) is 6.88. The summed E-state index contributed by atoms with van der Waals surface area (Å²) in [6, 6.07) is 4.13. The molecule has 0 heterocycles. The summed E-state index contributed by atoms with van der Waals surface area (Å²) in [5.74, 6) is -0.577. The summed E-state index contributed by atoms with van der Waals surface area (Å²) >= 11 is 3.05. The first-order valence-corrected chi connectivity index (χ1v) is 4.93. The summed E-state index contributed by atoms with van der Waals surface area (Å²) in [6.07, 6.45) is -5.21. The Labute approximate surface area is 92.6 Å². The minimum atomic E-state index is -4.22. The van der Waals surface area contributed by atoms with E-state index in [2.05, 4.69) is 21.2 Å². The maximum Gasteiger partial charge on any atom is 0.390 e. The predicted octanol–water partition coefficient (Wildman–Crippen LogP) is 3.95. The van der Waals surface area contributed by atoms with Crippen molar-refractivity contribution in [3.05, 3.63) is 28.5 Å². The molecule has 0 fully saturated rings. The van der Waals surface area contributed by atoms with Crippen molar-refractivity contribution in [2.45, 2.75) is 12.6 Å².